The van der Waals surface area contributed by atoms with Crippen LogP contribution in [0, 0.1) is 5.95 Å². The topological polar surface area (TPSA) is 46.8 Å². The van der Waals surface area contributed by atoms with E-state index in [1.807, 2.05) is 6.92 Å². The van der Waals surface area contributed by atoms with Crippen molar-refractivity contribution in [2.45, 2.75) is 6.92 Å². The smallest absolute Gasteiger partial charge is 0.233 e. The Morgan fingerprint density at radius 2 is 2.36 bits per heavy atom. The Balaban J connectivity index is 2.59. The van der Waals surface area contributed by atoms with Gasteiger partial charge in [0.25, 0.3) is 0 Å². The molecular weight excluding hydrogens is 187 g/mol. The number of aromatic hydroxyl groups is 1. The van der Waals surface area contributed by atoms with Crippen LogP contribution in [0.3, 0.4) is 0 Å². The maximum atomic E-state index is 12.7. The molecule has 0 aromatic carbocycles. The maximum absolute atomic E-state index is 12.7. The molecule has 0 amide bonds. The maximum Gasteiger partial charge on any atom is 0.233 e. The normalized spacial score (nSPS) is 10.7. The highest BCUT2D eigenvalue weighted by Gasteiger charge is 2.07. The van der Waals surface area contributed by atoms with E-state index in [-0.39, 0.29) is 5.75 Å². The summed E-state index contributed by atoms with van der Waals surface area (Å²) in [5.74, 6) is -0.220. The highest BCUT2D eigenvalue weighted by molar-refractivity contribution is 5.60. The van der Waals surface area contributed by atoms with Crippen LogP contribution in [0.25, 0.3) is 5.52 Å². The molecule has 0 aliphatic carbocycles. The van der Waals surface area contributed by atoms with Crippen LogP contribution >= 0.6 is 0 Å². The van der Waals surface area contributed by atoms with Crippen LogP contribution in [0.1, 0.15) is 6.92 Å². The summed E-state index contributed by atoms with van der Waals surface area (Å²) in [5, 5.41) is 13.0. The van der Waals surface area contributed by atoms with Crippen LogP contribution < -0.4 is 4.74 Å². The summed E-state index contributed by atoms with van der Waals surface area (Å²) in [6.45, 7) is 2.31. The quantitative estimate of drug-likeness (QED) is 0.793. The lowest BCUT2D eigenvalue weighted by atomic mass is 10.3. The molecule has 0 aliphatic heterocycles. The van der Waals surface area contributed by atoms with Crippen LogP contribution in [0.4, 0.5) is 4.39 Å². The molecule has 0 fully saturated rings. The highest BCUT2D eigenvalue weighted by atomic mass is 19.1. The van der Waals surface area contributed by atoms with Gasteiger partial charge in [0.05, 0.1) is 12.8 Å². The van der Waals surface area contributed by atoms with Crippen LogP contribution in [-0.4, -0.2) is 21.3 Å². The van der Waals surface area contributed by atoms with Gasteiger partial charge in [-0.3, -0.25) is 0 Å². The summed E-state index contributed by atoms with van der Waals surface area (Å²) in [6.07, 6.45) is 1.52. The molecule has 0 radical (unpaired) electrons. The number of pyridine rings is 1. The summed E-state index contributed by atoms with van der Waals surface area (Å²) in [4.78, 5) is 0. The fourth-order valence-corrected chi connectivity index (χ4v) is 1.27. The van der Waals surface area contributed by atoms with Crippen LogP contribution in [0.15, 0.2) is 18.3 Å². The summed E-state index contributed by atoms with van der Waals surface area (Å²) in [6, 6.07) is 2.59. The Morgan fingerprint density at radius 3 is 3.07 bits per heavy atom. The molecule has 4 nitrogen and oxygen atoms in total. The van der Waals surface area contributed by atoms with E-state index in [0.29, 0.717) is 17.9 Å². The molecule has 0 aliphatic rings. The van der Waals surface area contributed by atoms with Crippen molar-refractivity contribution in [1.82, 2.24) is 9.61 Å². The van der Waals surface area contributed by atoms with E-state index < -0.39 is 5.95 Å². The number of ether oxygens (including phenoxy) is 1. The van der Waals surface area contributed by atoms with Crippen molar-refractivity contribution in [2.75, 3.05) is 6.61 Å². The molecular formula is C9H9FN2O2. The fraction of sp³-hybridized carbons (Fsp3) is 0.222. The molecule has 1 N–H and O–H groups in total. The van der Waals surface area contributed by atoms with E-state index >= 15 is 0 Å². The van der Waals surface area contributed by atoms with Crippen molar-refractivity contribution < 1.29 is 14.2 Å². The van der Waals surface area contributed by atoms with Crippen LogP contribution in [0.2, 0.25) is 0 Å². The summed E-state index contributed by atoms with van der Waals surface area (Å²) in [5.41, 5.74) is 0.325. The first-order valence-corrected chi connectivity index (χ1v) is 4.21. The minimum atomic E-state index is -0.631. The summed E-state index contributed by atoms with van der Waals surface area (Å²) >= 11 is 0. The molecule has 0 atom stereocenters. The SMILES string of the molecule is CCOc1cc(O)c2cc(F)nn2c1. The molecule has 74 valence electrons. The Hall–Kier alpha value is -1.78. The number of nitrogens with zero attached hydrogens (tertiary/aromatic N) is 2. The van der Waals surface area contributed by atoms with Crippen LogP contribution in [-0.2, 0) is 0 Å². The Labute approximate surface area is 79.5 Å². The molecule has 2 aromatic rings. The third kappa shape index (κ3) is 1.37. The van der Waals surface area contributed by atoms with E-state index in [4.69, 9.17) is 4.74 Å². The van der Waals surface area contributed by atoms with Gasteiger partial charge in [0.2, 0.25) is 5.95 Å². The van der Waals surface area contributed by atoms with Crippen molar-refractivity contribution in [3.05, 3.63) is 24.3 Å². The largest absolute Gasteiger partial charge is 0.506 e. The zero-order valence-corrected chi connectivity index (χ0v) is 7.57. The number of hydrogen-bond donors (Lipinski definition) is 1. The first-order chi connectivity index (χ1) is 6.70. The van der Waals surface area contributed by atoms with Gasteiger partial charge in [-0.15, -0.1) is 5.10 Å². The highest BCUT2D eigenvalue weighted by Crippen LogP contribution is 2.24. The average Bonchev–Trinajstić information content (AvgIpc) is 2.47. The number of halogens is 1. The number of aromatic nitrogens is 2. The van der Waals surface area contributed by atoms with Crippen LogP contribution in [0.5, 0.6) is 11.5 Å². The number of rotatable bonds is 2. The predicted octanol–water partition coefficient (Wildman–Crippen LogP) is 1.58. The van der Waals surface area contributed by atoms with Gasteiger partial charge in [-0.1, -0.05) is 0 Å². The van der Waals surface area contributed by atoms with Gasteiger partial charge in [-0.2, -0.15) is 4.39 Å². The Kier molecular flexibility index (Phi) is 1.99. The third-order valence-corrected chi connectivity index (χ3v) is 1.81. The standard InChI is InChI=1S/C9H9FN2O2/c1-2-14-6-3-8(13)7-4-9(10)11-12(7)5-6/h3-5,13H,2H2,1H3. The molecule has 0 unspecified atom stereocenters. The Morgan fingerprint density at radius 1 is 1.57 bits per heavy atom. The molecule has 2 rings (SSSR count). The summed E-state index contributed by atoms with van der Waals surface area (Å²) < 4.78 is 19.1. The van der Waals surface area contributed by atoms with Crippen molar-refractivity contribution in [3.8, 4) is 11.5 Å². The number of hydrogen-bond acceptors (Lipinski definition) is 3. The lowest BCUT2D eigenvalue weighted by Gasteiger charge is -2.04. The van der Waals surface area contributed by atoms with Gasteiger partial charge in [0, 0.05) is 12.1 Å². The second-order valence-electron chi connectivity index (χ2n) is 2.79. The average molecular weight is 196 g/mol. The molecule has 2 heterocycles. The summed E-state index contributed by atoms with van der Waals surface area (Å²) in [7, 11) is 0. The minimum absolute atomic E-state index is 0.0487. The van der Waals surface area contributed by atoms with E-state index in [1.54, 1.807) is 0 Å². The Bertz CT molecular complexity index is 467. The molecule has 2 aromatic heterocycles. The van der Waals surface area contributed by atoms with Gasteiger partial charge in [0.1, 0.15) is 17.0 Å². The molecule has 0 saturated carbocycles. The molecule has 0 saturated heterocycles. The van der Waals surface area contributed by atoms with Gasteiger partial charge in [-0.25, -0.2) is 4.52 Å². The fourth-order valence-electron chi connectivity index (χ4n) is 1.27. The first-order valence-electron chi connectivity index (χ1n) is 4.21. The molecule has 5 heteroatoms. The van der Waals surface area contributed by atoms with Gasteiger partial charge in [-0.05, 0) is 6.92 Å². The van der Waals surface area contributed by atoms with E-state index in [2.05, 4.69) is 5.10 Å². The lowest BCUT2D eigenvalue weighted by Crippen LogP contribution is -1.95. The monoisotopic (exact) mass is 196 g/mol. The van der Waals surface area contributed by atoms with Gasteiger partial charge < -0.3 is 9.84 Å². The second kappa shape index (κ2) is 3.17. The molecule has 0 spiro atoms. The van der Waals surface area contributed by atoms with Crippen molar-refractivity contribution in [3.63, 3.8) is 0 Å². The van der Waals surface area contributed by atoms with Crippen molar-refractivity contribution in [1.29, 1.82) is 0 Å². The second-order valence-corrected chi connectivity index (χ2v) is 2.79. The first kappa shape index (κ1) is 8.80. The molecule has 0 bridgehead atoms. The third-order valence-electron chi connectivity index (χ3n) is 1.81. The van der Waals surface area contributed by atoms with Crippen molar-refractivity contribution in [2.24, 2.45) is 0 Å². The van der Waals surface area contributed by atoms with E-state index in [1.165, 1.54) is 16.8 Å². The predicted molar refractivity (Wildman–Crippen MR) is 48.0 cm³/mol. The lowest BCUT2D eigenvalue weighted by molar-refractivity contribution is 0.335. The van der Waals surface area contributed by atoms with E-state index in [0.717, 1.165) is 6.07 Å². The zero-order chi connectivity index (χ0) is 10.1. The zero-order valence-electron chi connectivity index (χ0n) is 7.57. The molecule has 14 heavy (non-hydrogen) atoms. The van der Waals surface area contributed by atoms with Gasteiger partial charge in [0.15, 0.2) is 0 Å². The van der Waals surface area contributed by atoms with Crippen molar-refractivity contribution >= 4 is 5.52 Å². The minimum Gasteiger partial charge on any atom is -0.506 e. The number of fused-ring (bicyclic) bond motifs is 1. The van der Waals surface area contributed by atoms with Gasteiger partial charge >= 0.3 is 0 Å². The van der Waals surface area contributed by atoms with E-state index in [9.17, 15) is 9.50 Å².